The number of nitrogens with zero attached hydrogens (tertiary/aromatic N) is 2. The minimum absolute atomic E-state index is 0.0847. The fourth-order valence-corrected chi connectivity index (χ4v) is 3.86. The maximum Gasteiger partial charge on any atom is 0.263 e. The van der Waals surface area contributed by atoms with Gasteiger partial charge in [-0.05, 0) is 54.6 Å². The van der Waals surface area contributed by atoms with E-state index in [0.717, 1.165) is 24.3 Å². The number of hydrogen-bond acceptors (Lipinski definition) is 5. The van der Waals surface area contributed by atoms with Gasteiger partial charge in [0.15, 0.2) is 11.6 Å². The predicted octanol–water partition coefficient (Wildman–Crippen LogP) is 5.11. The molecule has 0 unspecified atom stereocenters. The van der Waals surface area contributed by atoms with Crippen molar-refractivity contribution in [2.45, 2.75) is 4.90 Å². The van der Waals surface area contributed by atoms with Gasteiger partial charge in [-0.2, -0.15) is 0 Å². The fourth-order valence-electron chi connectivity index (χ4n) is 2.67. The average Bonchev–Trinajstić information content (AvgIpc) is 2.71. The van der Waals surface area contributed by atoms with Crippen molar-refractivity contribution in [2.75, 3.05) is 10.0 Å². The smallest absolute Gasteiger partial charge is 0.263 e. The Labute approximate surface area is 175 Å². The summed E-state index contributed by atoms with van der Waals surface area (Å²) in [4.78, 5) is 8.62. The van der Waals surface area contributed by atoms with Crippen LogP contribution in [0.2, 0.25) is 5.02 Å². The van der Waals surface area contributed by atoms with Crippen LogP contribution in [-0.2, 0) is 10.0 Å². The lowest BCUT2D eigenvalue weighted by atomic mass is 10.3. The highest BCUT2D eigenvalue weighted by atomic mass is 35.5. The van der Waals surface area contributed by atoms with E-state index in [9.17, 15) is 17.2 Å². The zero-order chi connectivity index (χ0) is 21.3. The first-order valence-corrected chi connectivity index (χ1v) is 10.5. The maximum atomic E-state index is 13.5. The van der Waals surface area contributed by atoms with Crippen molar-refractivity contribution in [3.8, 4) is 0 Å². The fraction of sp³-hybridized carbons (Fsp3) is 0. The lowest BCUT2D eigenvalue weighted by molar-refractivity contribution is 0.599. The molecule has 0 saturated heterocycles. The Hall–Kier alpha value is -3.30. The number of fused-ring (bicyclic) bond motifs is 1. The minimum Gasteiger partial charge on any atom is -0.337 e. The van der Waals surface area contributed by atoms with Gasteiger partial charge in [0.2, 0.25) is 0 Å². The molecule has 30 heavy (non-hydrogen) atoms. The highest BCUT2D eigenvalue weighted by Gasteiger charge is 2.19. The summed E-state index contributed by atoms with van der Waals surface area (Å²) in [7, 11) is -4.07. The number of hydrogen-bond donors (Lipinski definition) is 2. The standard InChI is InChI=1S/C20H13ClF2N4O2S/c21-15-11-13(7-10-16(15)23)24-19-20(26-18-4-2-1-3-17(18)25-19)27-30(28,29)14-8-5-12(22)6-9-14/h1-11H,(H,24,25)(H,26,27). The van der Waals surface area contributed by atoms with E-state index in [0.29, 0.717) is 16.7 Å². The second-order valence-electron chi connectivity index (χ2n) is 6.22. The Kier molecular flexibility index (Phi) is 5.23. The van der Waals surface area contributed by atoms with Gasteiger partial charge in [0.1, 0.15) is 11.6 Å². The zero-order valence-corrected chi connectivity index (χ0v) is 16.7. The summed E-state index contributed by atoms with van der Waals surface area (Å²) in [6, 6.07) is 15.2. The van der Waals surface area contributed by atoms with Crippen molar-refractivity contribution < 1.29 is 17.2 Å². The molecule has 0 aliphatic heterocycles. The molecule has 0 aliphatic carbocycles. The molecule has 1 aromatic heterocycles. The van der Waals surface area contributed by atoms with Gasteiger partial charge in [0, 0.05) is 5.69 Å². The summed E-state index contributed by atoms with van der Waals surface area (Å²) < 4.78 is 54.5. The molecule has 152 valence electrons. The van der Waals surface area contributed by atoms with Gasteiger partial charge in [-0.1, -0.05) is 23.7 Å². The summed E-state index contributed by atoms with van der Waals surface area (Å²) in [6.07, 6.45) is 0. The summed E-state index contributed by atoms with van der Waals surface area (Å²) in [5.74, 6) is -1.15. The van der Waals surface area contributed by atoms with Crippen LogP contribution in [0.25, 0.3) is 11.0 Å². The van der Waals surface area contributed by atoms with E-state index >= 15 is 0 Å². The van der Waals surface area contributed by atoms with Crippen molar-refractivity contribution in [2.24, 2.45) is 0 Å². The van der Waals surface area contributed by atoms with Crippen LogP contribution in [0.15, 0.2) is 71.6 Å². The van der Waals surface area contributed by atoms with Gasteiger partial charge in [-0.15, -0.1) is 0 Å². The molecule has 0 amide bonds. The van der Waals surface area contributed by atoms with Crippen LogP contribution in [0.1, 0.15) is 0 Å². The molecule has 0 spiro atoms. The second kappa shape index (κ2) is 7.85. The normalized spacial score (nSPS) is 11.4. The molecule has 10 heteroatoms. The van der Waals surface area contributed by atoms with Gasteiger partial charge >= 0.3 is 0 Å². The minimum atomic E-state index is -4.07. The third kappa shape index (κ3) is 4.17. The number of rotatable bonds is 5. The number of nitrogens with one attached hydrogen (secondary N) is 2. The van der Waals surface area contributed by atoms with Gasteiger partial charge < -0.3 is 5.32 Å². The van der Waals surface area contributed by atoms with Crippen LogP contribution in [0.4, 0.5) is 26.1 Å². The number of anilines is 3. The van der Waals surface area contributed by atoms with Crippen LogP contribution >= 0.6 is 11.6 Å². The van der Waals surface area contributed by atoms with Crippen molar-refractivity contribution >= 4 is 50.0 Å². The van der Waals surface area contributed by atoms with E-state index < -0.39 is 21.7 Å². The predicted molar refractivity (Wildman–Crippen MR) is 111 cm³/mol. The molecule has 2 N–H and O–H groups in total. The highest BCUT2D eigenvalue weighted by Crippen LogP contribution is 2.28. The Balaban J connectivity index is 1.78. The van der Waals surface area contributed by atoms with E-state index in [1.54, 1.807) is 24.3 Å². The molecule has 0 bridgehead atoms. The Morgan fingerprint density at radius 3 is 2.10 bits per heavy atom. The summed E-state index contributed by atoms with van der Waals surface area (Å²) in [5, 5.41) is 2.80. The Bertz CT molecular complexity index is 1350. The van der Waals surface area contributed by atoms with Gasteiger partial charge in [0.05, 0.1) is 21.0 Å². The SMILES string of the molecule is O=S(=O)(Nc1nc2ccccc2nc1Nc1ccc(F)c(Cl)c1)c1ccc(F)cc1. The van der Waals surface area contributed by atoms with Crippen LogP contribution in [0, 0.1) is 11.6 Å². The molecule has 0 fully saturated rings. The van der Waals surface area contributed by atoms with E-state index in [4.69, 9.17) is 11.6 Å². The van der Waals surface area contributed by atoms with Crippen LogP contribution in [0.3, 0.4) is 0 Å². The third-order valence-electron chi connectivity index (χ3n) is 4.11. The molecule has 0 atom stereocenters. The molecule has 6 nitrogen and oxygen atoms in total. The molecule has 0 aliphatic rings. The first kappa shape index (κ1) is 20.0. The summed E-state index contributed by atoms with van der Waals surface area (Å²) >= 11 is 5.82. The lowest BCUT2D eigenvalue weighted by Gasteiger charge is -2.14. The number of benzene rings is 3. The zero-order valence-electron chi connectivity index (χ0n) is 15.1. The third-order valence-corrected chi connectivity index (χ3v) is 5.75. The van der Waals surface area contributed by atoms with Crippen molar-refractivity contribution in [3.05, 3.63) is 83.4 Å². The second-order valence-corrected chi connectivity index (χ2v) is 8.31. The molecular weight excluding hydrogens is 434 g/mol. The number of aromatic nitrogens is 2. The van der Waals surface area contributed by atoms with E-state index in [-0.39, 0.29) is 21.6 Å². The molecule has 3 aromatic carbocycles. The van der Waals surface area contributed by atoms with Gasteiger partial charge in [-0.25, -0.2) is 27.2 Å². The molecule has 0 saturated carbocycles. The molecule has 4 aromatic rings. The average molecular weight is 447 g/mol. The largest absolute Gasteiger partial charge is 0.337 e. The monoisotopic (exact) mass is 446 g/mol. The Morgan fingerprint density at radius 1 is 0.833 bits per heavy atom. The van der Waals surface area contributed by atoms with E-state index in [2.05, 4.69) is 20.0 Å². The van der Waals surface area contributed by atoms with Crippen LogP contribution in [-0.4, -0.2) is 18.4 Å². The number of sulfonamides is 1. The van der Waals surface area contributed by atoms with Gasteiger partial charge in [0.25, 0.3) is 10.0 Å². The molecule has 4 rings (SSSR count). The van der Waals surface area contributed by atoms with Crippen LogP contribution in [0.5, 0.6) is 0 Å². The molecule has 0 radical (unpaired) electrons. The quantitative estimate of drug-likeness (QED) is 0.445. The number of halogens is 3. The molecular formula is C20H13ClF2N4O2S. The summed E-state index contributed by atoms with van der Waals surface area (Å²) in [6.45, 7) is 0. The van der Waals surface area contributed by atoms with Crippen LogP contribution < -0.4 is 10.0 Å². The lowest BCUT2D eigenvalue weighted by Crippen LogP contribution is -2.16. The Morgan fingerprint density at radius 2 is 1.47 bits per heavy atom. The molecule has 1 heterocycles. The maximum absolute atomic E-state index is 13.5. The van der Waals surface area contributed by atoms with Gasteiger partial charge in [-0.3, -0.25) is 4.72 Å². The first-order chi connectivity index (χ1) is 14.3. The van der Waals surface area contributed by atoms with Crippen molar-refractivity contribution in [1.29, 1.82) is 0 Å². The van der Waals surface area contributed by atoms with E-state index in [1.165, 1.54) is 18.2 Å². The van der Waals surface area contributed by atoms with E-state index in [1.807, 2.05) is 0 Å². The highest BCUT2D eigenvalue weighted by molar-refractivity contribution is 7.92. The first-order valence-electron chi connectivity index (χ1n) is 8.59. The topological polar surface area (TPSA) is 84.0 Å². The summed E-state index contributed by atoms with van der Waals surface area (Å²) in [5.41, 5.74) is 1.35. The van der Waals surface area contributed by atoms with Crippen molar-refractivity contribution in [1.82, 2.24) is 9.97 Å². The number of para-hydroxylation sites is 2. The van der Waals surface area contributed by atoms with Crippen molar-refractivity contribution in [3.63, 3.8) is 0 Å².